The molecule has 0 amide bonds. The molecule has 94 valence electrons. The SMILES string of the molecule is Cl.O=C(O)C1CN(Cc2ccccc2)CCO1. The van der Waals surface area contributed by atoms with Crippen molar-refractivity contribution in [3.8, 4) is 0 Å². The van der Waals surface area contributed by atoms with Crippen molar-refractivity contribution in [1.82, 2.24) is 4.90 Å². The van der Waals surface area contributed by atoms with E-state index in [0.29, 0.717) is 13.2 Å². The lowest BCUT2D eigenvalue weighted by molar-refractivity contribution is -0.156. The highest BCUT2D eigenvalue weighted by Crippen LogP contribution is 2.10. The Bertz CT molecular complexity index is 358. The number of hydrogen-bond acceptors (Lipinski definition) is 3. The summed E-state index contributed by atoms with van der Waals surface area (Å²) in [5.74, 6) is -0.877. The van der Waals surface area contributed by atoms with Crippen molar-refractivity contribution < 1.29 is 14.6 Å². The molecule has 1 heterocycles. The topological polar surface area (TPSA) is 49.8 Å². The van der Waals surface area contributed by atoms with Gasteiger partial charge in [0.15, 0.2) is 6.10 Å². The second kappa shape index (κ2) is 6.59. The Morgan fingerprint density at radius 2 is 2.12 bits per heavy atom. The zero-order valence-electron chi connectivity index (χ0n) is 9.41. The van der Waals surface area contributed by atoms with E-state index >= 15 is 0 Å². The molecule has 1 aromatic rings. The maximum absolute atomic E-state index is 10.8. The summed E-state index contributed by atoms with van der Waals surface area (Å²) in [6.45, 7) is 2.53. The molecule has 1 unspecified atom stereocenters. The number of hydrogen-bond donors (Lipinski definition) is 1. The molecule has 17 heavy (non-hydrogen) atoms. The number of morpholine rings is 1. The molecule has 0 aromatic heterocycles. The van der Waals surface area contributed by atoms with Gasteiger partial charge in [-0.3, -0.25) is 4.90 Å². The highest BCUT2D eigenvalue weighted by molar-refractivity contribution is 5.85. The van der Waals surface area contributed by atoms with Gasteiger partial charge in [-0.05, 0) is 5.56 Å². The molecule has 1 aromatic carbocycles. The lowest BCUT2D eigenvalue weighted by Crippen LogP contribution is -2.45. The van der Waals surface area contributed by atoms with E-state index in [-0.39, 0.29) is 12.4 Å². The molecular formula is C12H16ClNO3. The van der Waals surface area contributed by atoms with Crippen LogP contribution in [0.1, 0.15) is 5.56 Å². The summed E-state index contributed by atoms with van der Waals surface area (Å²) >= 11 is 0. The first kappa shape index (κ1) is 14.0. The molecule has 2 rings (SSSR count). The Morgan fingerprint density at radius 3 is 2.76 bits per heavy atom. The monoisotopic (exact) mass is 257 g/mol. The number of aliphatic carboxylic acids is 1. The van der Waals surface area contributed by atoms with Gasteiger partial charge < -0.3 is 9.84 Å². The van der Waals surface area contributed by atoms with E-state index in [4.69, 9.17) is 9.84 Å². The second-order valence-electron chi connectivity index (χ2n) is 3.92. The molecule has 4 nitrogen and oxygen atoms in total. The van der Waals surface area contributed by atoms with Gasteiger partial charge in [0.2, 0.25) is 0 Å². The van der Waals surface area contributed by atoms with E-state index < -0.39 is 12.1 Å². The minimum atomic E-state index is -0.877. The molecule has 0 spiro atoms. The van der Waals surface area contributed by atoms with Crippen LogP contribution in [0.5, 0.6) is 0 Å². The predicted molar refractivity (Wildman–Crippen MR) is 66.3 cm³/mol. The summed E-state index contributed by atoms with van der Waals surface area (Å²) in [5.41, 5.74) is 1.20. The molecule has 1 saturated heterocycles. The van der Waals surface area contributed by atoms with Gasteiger partial charge in [0, 0.05) is 19.6 Å². The normalized spacial score (nSPS) is 20.6. The number of halogens is 1. The maximum Gasteiger partial charge on any atom is 0.334 e. The van der Waals surface area contributed by atoms with Crippen LogP contribution < -0.4 is 0 Å². The smallest absolute Gasteiger partial charge is 0.334 e. The van der Waals surface area contributed by atoms with E-state index in [1.807, 2.05) is 30.3 Å². The number of rotatable bonds is 3. The van der Waals surface area contributed by atoms with Crippen molar-refractivity contribution >= 4 is 18.4 Å². The second-order valence-corrected chi connectivity index (χ2v) is 3.92. The molecule has 1 N–H and O–H groups in total. The number of nitrogens with zero attached hydrogens (tertiary/aromatic N) is 1. The zero-order chi connectivity index (χ0) is 11.4. The highest BCUT2D eigenvalue weighted by Gasteiger charge is 2.25. The third kappa shape index (κ3) is 4.00. The molecule has 0 aliphatic carbocycles. The third-order valence-corrected chi connectivity index (χ3v) is 2.68. The van der Waals surface area contributed by atoms with E-state index in [9.17, 15) is 4.79 Å². The molecule has 0 bridgehead atoms. The number of ether oxygens (including phenoxy) is 1. The van der Waals surface area contributed by atoms with Crippen LogP contribution in [-0.4, -0.2) is 41.8 Å². The molecule has 0 radical (unpaired) electrons. The number of carboxylic acid groups (broad SMARTS) is 1. The minimum Gasteiger partial charge on any atom is -0.479 e. The summed E-state index contributed by atoms with van der Waals surface area (Å²) in [6.07, 6.45) is -0.683. The van der Waals surface area contributed by atoms with E-state index in [0.717, 1.165) is 13.1 Å². The largest absolute Gasteiger partial charge is 0.479 e. The van der Waals surface area contributed by atoms with Gasteiger partial charge in [-0.25, -0.2) is 4.79 Å². The van der Waals surface area contributed by atoms with E-state index in [2.05, 4.69) is 4.90 Å². The quantitative estimate of drug-likeness (QED) is 0.889. The standard InChI is InChI=1S/C12H15NO3.ClH/c14-12(15)11-9-13(6-7-16-11)8-10-4-2-1-3-5-10;/h1-5,11H,6-9H2,(H,14,15);1H. The molecule has 1 fully saturated rings. The van der Waals surface area contributed by atoms with Gasteiger partial charge in [-0.2, -0.15) is 0 Å². The lowest BCUT2D eigenvalue weighted by Gasteiger charge is -2.30. The van der Waals surface area contributed by atoms with Crippen LogP contribution in [-0.2, 0) is 16.1 Å². The van der Waals surface area contributed by atoms with Crippen LogP contribution in [0.2, 0.25) is 0 Å². The maximum atomic E-state index is 10.8. The van der Waals surface area contributed by atoms with Gasteiger partial charge in [0.05, 0.1) is 6.61 Å². The summed E-state index contributed by atoms with van der Waals surface area (Å²) in [6, 6.07) is 10.0. The van der Waals surface area contributed by atoms with Crippen molar-refractivity contribution in [3.05, 3.63) is 35.9 Å². The molecule has 1 atom stereocenters. The average molecular weight is 258 g/mol. The van der Waals surface area contributed by atoms with Gasteiger partial charge in [0.25, 0.3) is 0 Å². The first-order valence-electron chi connectivity index (χ1n) is 5.36. The first-order valence-corrected chi connectivity index (χ1v) is 5.36. The number of benzene rings is 1. The third-order valence-electron chi connectivity index (χ3n) is 2.68. The van der Waals surface area contributed by atoms with Crippen molar-refractivity contribution in [1.29, 1.82) is 0 Å². The van der Waals surface area contributed by atoms with Crippen LogP contribution in [0.25, 0.3) is 0 Å². The summed E-state index contributed by atoms with van der Waals surface area (Å²) < 4.78 is 5.17. The fourth-order valence-corrected chi connectivity index (χ4v) is 1.84. The van der Waals surface area contributed by atoms with Crippen LogP contribution in [0.4, 0.5) is 0 Å². The Hall–Kier alpha value is -1.10. The van der Waals surface area contributed by atoms with Crippen molar-refractivity contribution in [2.45, 2.75) is 12.6 Å². The zero-order valence-corrected chi connectivity index (χ0v) is 10.2. The van der Waals surface area contributed by atoms with Crippen molar-refractivity contribution in [3.63, 3.8) is 0 Å². The summed E-state index contributed by atoms with van der Waals surface area (Å²) in [5, 5.41) is 8.87. The molecular weight excluding hydrogens is 242 g/mol. The van der Waals surface area contributed by atoms with E-state index in [1.165, 1.54) is 5.56 Å². The Kier molecular flexibility index (Phi) is 5.41. The van der Waals surface area contributed by atoms with Gasteiger partial charge in [0.1, 0.15) is 0 Å². The molecule has 1 aliphatic rings. The van der Waals surface area contributed by atoms with E-state index in [1.54, 1.807) is 0 Å². The fourth-order valence-electron chi connectivity index (χ4n) is 1.84. The van der Waals surface area contributed by atoms with Gasteiger partial charge in [-0.15, -0.1) is 12.4 Å². The minimum absolute atomic E-state index is 0. The fraction of sp³-hybridized carbons (Fsp3) is 0.417. The molecule has 0 saturated carbocycles. The Balaban J connectivity index is 0.00000144. The number of carbonyl (C=O) groups is 1. The van der Waals surface area contributed by atoms with Crippen molar-refractivity contribution in [2.24, 2.45) is 0 Å². The average Bonchev–Trinajstić information content (AvgIpc) is 2.30. The molecule has 5 heteroatoms. The predicted octanol–water partition coefficient (Wildman–Crippen LogP) is 1.39. The highest BCUT2D eigenvalue weighted by atomic mass is 35.5. The van der Waals surface area contributed by atoms with Gasteiger partial charge >= 0.3 is 5.97 Å². The Morgan fingerprint density at radius 1 is 1.41 bits per heavy atom. The lowest BCUT2D eigenvalue weighted by atomic mass is 10.2. The molecule has 1 aliphatic heterocycles. The van der Waals surface area contributed by atoms with Gasteiger partial charge in [-0.1, -0.05) is 30.3 Å². The summed E-state index contributed by atoms with van der Waals surface area (Å²) in [4.78, 5) is 12.9. The van der Waals surface area contributed by atoms with Crippen LogP contribution in [0.15, 0.2) is 30.3 Å². The van der Waals surface area contributed by atoms with Crippen LogP contribution in [0, 0.1) is 0 Å². The van der Waals surface area contributed by atoms with Crippen molar-refractivity contribution in [2.75, 3.05) is 19.7 Å². The first-order chi connectivity index (χ1) is 7.75. The van der Waals surface area contributed by atoms with Crippen LogP contribution >= 0.6 is 12.4 Å². The van der Waals surface area contributed by atoms with Crippen LogP contribution in [0.3, 0.4) is 0 Å². The summed E-state index contributed by atoms with van der Waals surface area (Å²) in [7, 11) is 0. The Labute approximate surface area is 107 Å². The number of carboxylic acids is 1.